The van der Waals surface area contributed by atoms with Crippen molar-refractivity contribution in [1.29, 1.82) is 0 Å². The molecule has 25 heavy (non-hydrogen) atoms. The second-order valence-corrected chi connectivity index (χ2v) is 5.91. The maximum Gasteiger partial charge on any atom is 0.268 e. The summed E-state index contributed by atoms with van der Waals surface area (Å²) < 4.78 is 5.21. The number of benzene rings is 1. The van der Waals surface area contributed by atoms with Gasteiger partial charge in [0.15, 0.2) is 0 Å². The normalized spacial score (nSPS) is 12.7. The Balaban J connectivity index is 2.13. The first-order valence-electron chi connectivity index (χ1n) is 8.05. The fourth-order valence-electron chi connectivity index (χ4n) is 1.99. The van der Waals surface area contributed by atoms with Crippen LogP contribution in [0.4, 0.5) is 0 Å². The first-order chi connectivity index (χ1) is 12.0. The smallest absolute Gasteiger partial charge is 0.268 e. The van der Waals surface area contributed by atoms with E-state index in [1.54, 1.807) is 42.5 Å². The fourth-order valence-corrected chi connectivity index (χ4v) is 1.99. The molecule has 0 aliphatic carbocycles. The molecular weight excluding hydrogens is 320 g/mol. The summed E-state index contributed by atoms with van der Waals surface area (Å²) in [7, 11) is 0. The molecule has 6 heteroatoms. The van der Waals surface area contributed by atoms with E-state index >= 15 is 0 Å². The molecule has 132 valence electrons. The number of rotatable bonds is 7. The van der Waals surface area contributed by atoms with Crippen LogP contribution in [0.25, 0.3) is 6.08 Å². The van der Waals surface area contributed by atoms with Crippen LogP contribution in [0.15, 0.2) is 58.8 Å². The van der Waals surface area contributed by atoms with Gasteiger partial charge in [-0.1, -0.05) is 32.0 Å². The van der Waals surface area contributed by atoms with Crippen molar-refractivity contribution >= 4 is 17.9 Å². The lowest BCUT2D eigenvalue weighted by molar-refractivity contribution is -0.118. The Morgan fingerprint density at radius 1 is 1.16 bits per heavy atom. The molecule has 0 spiro atoms. The predicted octanol–water partition coefficient (Wildman–Crippen LogP) is 2.18. The average Bonchev–Trinajstić information content (AvgIpc) is 3.12. The first kappa shape index (κ1) is 18.5. The molecule has 0 aliphatic rings. The van der Waals surface area contributed by atoms with Crippen molar-refractivity contribution in [3.8, 4) is 0 Å². The molecule has 0 bridgehead atoms. The van der Waals surface area contributed by atoms with Crippen LogP contribution in [0.5, 0.6) is 0 Å². The van der Waals surface area contributed by atoms with Crippen LogP contribution in [0.3, 0.4) is 0 Å². The maximum atomic E-state index is 12.4. The van der Waals surface area contributed by atoms with Gasteiger partial charge in [0.05, 0.1) is 12.4 Å². The number of amides is 2. The molecule has 0 saturated carbocycles. The van der Waals surface area contributed by atoms with E-state index < -0.39 is 17.9 Å². The second-order valence-electron chi connectivity index (χ2n) is 5.91. The van der Waals surface area contributed by atoms with E-state index in [0.717, 1.165) is 0 Å². The maximum absolute atomic E-state index is 12.4. The lowest BCUT2D eigenvalue weighted by atomic mass is 10.1. The third kappa shape index (κ3) is 5.61. The number of nitrogens with one attached hydrogen (secondary N) is 2. The van der Waals surface area contributed by atoms with Gasteiger partial charge >= 0.3 is 0 Å². The molecule has 0 fully saturated rings. The third-order valence-corrected chi connectivity index (χ3v) is 3.60. The van der Waals surface area contributed by atoms with Gasteiger partial charge in [-0.15, -0.1) is 0 Å². The Labute approximate surface area is 146 Å². The number of aliphatic hydroxyl groups is 1. The van der Waals surface area contributed by atoms with E-state index in [1.807, 2.05) is 13.8 Å². The Morgan fingerprint density at radius 3 is 2.48 bits per heavy atom. The number of hydrogen-bond acceptors (Lipinski definition) is 4. The van der Waals surface area contributed by atoms with E-state index in [0.29, 0.717) is 11.3 Å². The van der Waals surface area contributed by atoms with Crippen LogP contribution < -0.4 is 10.6 Å². The predicted molar refractivity (Wildman–Crippen MR) is 94.4 cm³/mol. The van der Waals surface area contributed by atoms with Crippen molar-refractivity contribution in [3.05, 3.63) is 65.7 Å². The van der Waals surface area contributed by atoms with Crippen molar-refractivity contribution in [2.24, 2.45) is 5.92 Å². The topological polar surface area (TPSA) is 91.6 Å². The highest BCUT2D eigenvalue weighted by molar-refractivity contribution is 6.05. The van der Waals surface area contributed by atoms with E-state index in [-0.39, 0.29) is 18.2 Å². The van der Waals surface area contributed by atoms with Crippen molar-refractivity contribution in [2.75, 3.05) is 6.54 Å². The lowest BCUT2D eigenvalue weighted by Gasteiger charge is -2.16. The van der Waals surface area contributed by atoms with Crippen LogP contribution in [0, 0.1) is 5.92 Å². The van der Waals surface area contributed by atoms with Crippen molar-refractivity contribution in [1.82, 2.24) is 10.6 Å². The number of furan rings is 1. The van der Waals surface area contributed by atoms with Gasteiger partial charge in [-0.2, -0.15) is 0 Å². The zero-order valence-electron chi connectivity index (χ0n) is 14.2. The summed E-state index contributed by atoms with van der Waals surface area (Å²) in [6, 6.07) is 11.9. The van der Waals surface area contributed by atoms with Gasteiger partial charge in [0.2, 0.25) is 0 Å². The minimum atomic E-state index is -0.668. The molecule has 6 nitrogen and oxygen atoms in total. The Hall–Kier alpha value is -2.86. The molecule has 1 unspecified atom stereocenters. The van der Waals surface area contributed by atoms with Gasteiger partial charge in [0.25, 0.3) is 11.8 Å². The Bertz CT molecular complexity index is 721. The van der Waals surface area contributed by atoms with Gasteiger partial charge in [-0.05, 0) is 30.2 Å². The monoisotopic (exact) mass is 342 g/mol. The lowest BCUT2D eigenvalue weighted by Crippen LogP contribution is -2.39. The number of carbonyl (C=O) groups is 2. The minimum Gasteiger partial charge on any atom is -0.465 e. The molecule has 0 radical (unpaired) electrons. The molecule has 0 saturated heterocycles. The highest BCUT2D eigenvalue weighted by atomic mass is 16.3. The summed E-state index contributed by atoms with van der Waals surface area (Å²) in [6.45, 7) is 3.80. The average molecular weight is 342 g/mol. The van der Waals surface area contributed by atoms with Crippen molar-refractivity contribution in [2.45, 2.75) is 20.0 Å². The van der Waals surface area contributed by atoms with Crippen LogP contribution in [0.2, 0.25) is 0 Å². The molecule has 1 aromatic heterocycles. The largest absolute Gasteiger partial charge is 0.465 e. The highest BCUT2D eigenvalue weighted by Gasteiger charge is 2.17. The fraction of sp³-hybridized carbons (Fsp3) is 0.263. The zero-order valence-corrected chi connectivity index (χ0v) is 14.2. The molecule has 1 aromatic carbocycles. The van der Waals surface area contributed by atoms with E-state index in [4.69, 9.17) is 4.42 Å². The van der Waals surface area contributed by atoms with Crippen LogP contribution >= 0.6 is 0 Å². The number of aliphatic hydroxyl groups excluding tert-OH is 1. The molecular formula is C19H22N2O4. The number of hydrogen-bond donors (Lipinski definition) is 3. The van der Waals surface area contributed by atoms with Gasteiger partial charge in [-0.3, -0.25) is 9.59 Å². The van der Waals surface area contributed by atoms with Gasteiger partial charge in [0, 0.05) is 18.2 Å². The second kappa shape index (κ2) is 8.84. The molecule has 1 atom stereocenters. The summed E-state index contributed by atoms with van der Waals surface area (Å²) in [5.74, 6) is -0.460. The van der Waals surface area contributed by atoms with Crippen molar-refractivity contribution in [3.63, 3.8) is 0 Å². The Kier molecular flexibility index (Phi) is 6.54. The molecule has 2 aromatic rings. The molecule has 2 amide bonds. The van der Waals surface area contributed by atoms with Crippen LogP contribution in [-0.4, -0.2) is 29.6 Å². The summed E-state index contributed by atoms with van der Waals surface area (Å²) in [4.78, 5) is 24.7. The zero-order chi connectivity index (χ0) is 18.2. The summed E-state index contributed by atoms with van der Waals surface area (Å²) in [5.41, 5.74) is 0.475. The Morgan fingerprint density at radius 2 is 1.88 bits per heavy atom. The van der Waals surface area contributed by atoms with Gasteiger partial charge in [0.1, 0.15) is 11.5 Å². The summed E-state index contributed by atoms with van der Waals surface area (Å²) in [5, 5.41) is 15.0. The van der Waals surface area contributed by atoms with E-state index in [2.05, 4.69) is 10.6 Å². The van der Waals surface area contributed by atoms with E-state index in [9.17, 15) is 14.7 Å². The highest BCUT2D eigenvalue weighted by Crippen LogP contribution is 2.08. The first-order valence-corrected chi connectivity index (χ1v) is 8.05. The SMILES string of the molecule is CC(C)C(O)CNC(=O)/C(=C/c1ccco1)NC(=O)c1ccccc1. The van der Waals surface area contributed by atoms with Crippen molar-refractivity contribution < 1.29 is 19.1 Å². The van der Waals surface area contributed by atoms with Gasteiger partial charge in [-0.25, -0.2) is 0 Å². The standard InChI is InChI=1S/C19H22N2O4/c1-13(2)17(22)12-20-19(24)16(11-15-9-6-10-25-15)21-18(23)14-7-4-3-5-8-14/h3-11,13,17,22H,12H2,1-2H3,(H,20,24)(H,21,23)/b16-11-. The van der Waals surface area contributed by atoms with Crippen LogP contribution in [-0.2, 0) is 4.79 Å². The van der Waals surface area contributed by atoms with Crippen LogP contribution in [0.1, 0.15) is 30.0 Å². The molecule has 3 N–H and O–H groups in total. The van der Waals surface area contributed by atoms with E-state index in [1.165, 1.54) is 12.3 Å². The molecule has 1 heterocycles. The number of carbonyl (C=O) groups excluding carboxylic acids is 2. The summed E-state index contributed by atoms with van der Waals surface area (Å²) >= 11 is 0. The van der Waals surface area contributed by atoms with Gasteiger partial charge < -0.3 is 20.2 Å². The molecule has 2 rings (SSSR count). The summed E-state index contributed by atoms with van der Waals surface area (Å²) in [6.07, 6.45) is 2.25. The minimum absolute atomic E-state index is 0.0108. The molecule has 0 aliphatic heterocycles. The quantitative estimate of drug-likeness (QED) is 0.673. The third-order valence-electron chi connectivity index (χ3n) is 3.60.